The topological polar surface area (TPSA) is 61.6 Å². The molecule has 2 aromatic rings. The maximum Gasteiger partial charge on any atom is 0.193 e. The Morgan fingerprint density at radius 2 is 1.96 bits per heavy atom. The summed E-state index contributed by atoms with van der Waals surface area (Å²) in [5.74, 6) is 2.04. The second-order valence-corrected chi connectivity index (χ2v) is 6.64. The van der Waals surface area contributed by atoms with Crippen LogP contribution in [0.15, 0.2) is 35.5 Å². The third kappa shape index (κ3) is 5.82. The molecule has 1 aliphatic rings. The number of hydrogen-bond donors (Lipinski definition) is 1. The van der Waals surface area contributed by atoms with Crippen LogP contribution in [0.25, 0.3) is 0 Å². The Labute approximate surface area is 178 Å². The zero-order chi connectivity index (χ0) is 18.4. The van der Waals surface area contributed by atoms with Crippen molar-refractivity contribution in [3.63, 3.8) is 0 Å². The van der Waals surface area contributed by atoms with Gasteiger partial charge in [0.25, 0.3) is 0 Å². The first-order valence-corrected chi connectivity index (χ1v) is 9.30. The lowest BCUT2D eigenvalue weighted by molar-refractivity contribution is 0.370. The fourth-order valence-electron chi connectivity index (χ4n) is 3.35. The van der Waals surface area contributed by atoms with Gasteiger partial charge < -0.3 is 15.1 Å². The van der Waals surface area contributed by atoms with Crippen LogP contribution in [0, 0.1) is 13.8 Å². The zero-order valence-corrected chi connectivity index (χ0v) is 18.8. The summed E-state index contributed by atoms with van der Waals surface area (Å²) in [5, 5.41) is 8.00. The molecule has 0 aliphatic carbocycles. The third-order valence-corrected chi connectivity index (χ3v) is 4.70. The zero-order valence-electron chi connectivity index (χ0n) is 16.4. The van der Waals surface area contributed by atoms with Crippen molar-refractivity contribution in [2.24, 2.45) is 4.99 Å². The molecule has 0 aromatic carbocycles. The molecule has 1 aliphatic heterocycles. The van der Waals surface area contributed by atoms with Gasteiger partial charge in [-0.2, -0.15) is 5.10 Å². The van der Waals surface area contributed by atoms with Crippen LogP contribution < -0.4 is 10.2 Å². The molecular weight excluding hydrogens is 453 g/mol. The van der Waals surface area contributed by atoms with Crippen LogP contribution in [0.5, 0.6) is 0 Å². The molecule has 1 saturated heterocycles. The lowest BCUT2D eigenvalue weighted by Gasteiger charge is -2.37. The number of nitrogens with one attached hydrogen (secondary N) is 1. The number of nitrogens with zero attached hydrogens (tertiary/aromatic N) is 6. The predicted molar refractivity (Wildman–Crippen MR) is 121 cm³/mol. The average molecular weight is 483 g/mol. The van der Waals surface area contributed by atoms with Crippen molar-refractivity contribution in [2.75, 3.05) is 44.7 Å². The predicted octanol–water partition coefficient (Wildman–Crippen LogP) is 2.30. The fourth-order valence-corrected chi connectivity index (χ4v) is 3.35. The van der Waals surface area contributed by atoms with Gasteiger partial charge in [0, 0.05) is 58.2 Å². The Bertz CT molecular complexity index is 721. The van der Waals surface area contributed by atoms with Gasteiger partial charge in [0.2, 0.25) is 0 Å². The first-order chi connectivity index (χ1) is 12.7. The molecule has 0 radical (unpaired) electrons. The van der Waals surface area contributed by atoms with Crippen LogP contribution in [-0.4, -0.2) is 65.4 Å². The second kappa shape index (κ2) is 10.5. The number of pyridine rings is 1. The summed E-state index contributed by atoms with van der Waals surface area (Å²) in [6, 6.07) is 8.19. The quantitative estimate of drug-likeness (QED) is 0.306. The number of guanidine groups is 1. The highest BCUT2D eigenvalue weighted by molar-refractivity contribution is 14.0. The molecule has 8 heteroatoms. The molecule has 1 fully saturated rings. The smallest absolute Gasteiger partial charge is 0.193 e. The number of rotatable bonds is 5. The molecule has 2 aromatic heterocycles. The highest BCUT2D eigenvalue weighted by Gasteiger charge is 2.20. The Hall–Kier alpha value is -1.84. The highest BCUT2D eigenvalue weighted by Crippen LogP contribution is 2.12. The maximum absolute atomic E-state index is 4.51. The van der Waals surface area contributed by atoms with E-state index in [1.54, 1.807) is 0 Å². The standard InChI is InChI=1S/C19H29N7.HI/c1-16-15-17(2)26(23-16)10-6-9-22-19(20-3)25-13-11-24(12-14-25)18-7-4-5-8-21-18;/h4-5,7-8,15H,6,9-14H2,1-3H3,(H,20,22);1H. The van der Waals surface area contributed by atoms with Gasteiger partial charge in [-0.05, 0) is 38.5 Å². The number of aryl methyl sites for hydroxylation is 3. The van der Waals surface area contributed by atoms with Gasteiger partial charge in [0.15, 0.2) is 5.96 Å². The Balaban J connectivity index is 0.00000261. The number of halogens is 1. The molecule has 0 unspecified atom stereocenters. The molecule has 27 heavy (non-hydrogen) atoms. The summed E-state index contributed by atoms with van der Waals surface area (Å²) < 4.78 is 2.07. The normalized spacial score (nSPS) is 14.9. The van der Waals surface area contributed by atoms with Gasteiger partial charge in [-0.3, -0.25) is 9.67 Å². The van der Waals surface area contributed by atoms with Crippen LogP contribution in [0.2, 0.25) is 0 Å². The molecule has 1 N–H and O–H groups in total. The molecule has 148 valence electrons. The SMILES string of the molecule is CN=C(NCCCn1nc(C)cc1C)N1CCN(c2ccccn2)CC1.I. The van der Waals surface area contributed by atoms with Crippen LogP contribution in [-0.2, 0) is 6.54 Å². The summed E-state index contributed by atoms with van der Waals surface area (Å²) in [5.41, 5.74) is 2.30. The number of anilines is 1. The van der Waals surface area contributed by atoms with Gasteiger partial charge in [0.05, 0.1) is 5.69 Å². The van der Waals surface area contributed by atoms with E-state index in [9.17, 15) is 0 Å². The summed E-state index contributed by atoms with van der Waals surface area (Å²) in [4.78, 5) is 13.5. The molecule has 0 atom stereocenters. The second-order valence-electron chi connectivity index (χ2n) is 6.64. The minimum Gasteiger partial charge on any atom is -0.356 e. The van der Waals surface area contributed by atoms with Gasteiger partial charge >= 0.3 is 0 Å². The van der Waals surface area contributed by atoms with Crippen molar-refractivity contribution in [1.29, 1.82) is 0 Å². The van der Waals surface area contributed by atoms with E-state index in [1.165, 1.54) is 5.69 Å². The van der Waals surface area contributed by atoms with Crippen molar-refractivity contribution < 1.29 is 0 Å². The lowest BCUT2D eigenvalue weighted by Crippen LogP contribution is -2.52. The van der Waals surface area contributed by atoms with Crippen molar-refractivity contribution in [2.45, 2.75) is 26.8 Å². The summed E-state index contributed by atoms with van der Waals surface area (Å²) >= 11 is 0. The molecule has 7 nitrogen and oxygen atoms in total. The largest absolute Gasteiger partial charge is 0.356 e. The number of piperazine rings is 1. The van der Waals surface area contributed by atoms with E-state index in [1.807, 2.05) is 32.3 Å². The van der Waals surface area contributed by atoms with Crippen molar-refractivity contribution in [3.8, 4) is 0 Å². The molecule has 0 amide bonds. The maximum atomic E-state index is 4.51. The number of aliphatic imine (C=N–C) groups is 1. The summed E-state index contributed by atoms with van der Waals surface area (Å²) in [6.07, 6.45) is 2.87. The van der Waals surface area contributed by atoms with E-state index >= 15 is 0 Å². The van der Waals surface area contributed by atoms with Crippen LogP contribution in [0.1, 0.15) is 17.8 Å². The minimum absolute atomic E-state index is 0. The van der Waals surface area contributed by atoms with Gasteiger partial charge in [-0.15, -0.1) is 24.0 Å². The third-order valence-electron chi connectivity index (χ3n) is 4.70. The lowest BCUT2D eigenvalue weighted by atomic mass is 10.3. The van der Waals surface area contributed by atoms with Crippen LogP contribution >= 0.6 is 24.0 Å². The molecule has 0 saturated carbocycles. The monoisotopic (exact) mass is 483 g/mol. The van der Waals surface area contributed by atoms with E-state index in [0.717, 1.165) is 63.2 Å². The molecular formula is C19H30IN7. The van der Waals surface area contributed by atoms with E-state index in [2.05, 4.69) is 53.9 Å². The molecule has 0 spiro atoms. The first kappa shape index (κ1) is 21.5. The van der Waals surface area contributed by atoms with Gasteiger partial charge in [-0.1, -0.05) is 6.07 Å². The van der Waals surface area contributed by atoms with E-state index in [4.69, 9.17) is 0 Å². The van der Waals surface area contributed by atoms with E-state index in [0.29, 0.717) is 0 Å². The molecule has 3 heterocycles. The number of aromatic nitrogens is 3. The summed E-state index contributed by atoms with van der Waals surface area (Å²) in [6.45, 7) is 9.79. The Morgan fingerprint density at radius 3 is 2.56 bits per heavy atom. The van der Waals surface area contributed by atoms with E-state index in [-0.39, 0.29) is 24.0 Å². The van der Waals surface area contributed by atoms with Crippen LogP contribution in [0.4, 0.5) is 5.82 Å². The Kier molecular flexibility index (Phi) is 8.33. The molecule has 3 rings (SSSR count). The molecule has 0 bridgehead atoms. The van der Waals surface area contributed by atoms with Gasteiger partial charge in [0.1, 0.15) is 5.82 Å². The van der Waals surface area contributed by atoms with Gasteiger partial charge in [-0.25, -0.2) is 4.98 Å². The summed E-state index contributed by atoms with van der Waals surface area (Å²) in [7, 11) is 1.86. The number of hydrogen-bond acceptors (Lipinski definition) is 4. The van der Waals surface area contributed by atoms with Crippen molar-refractivity contribution in [1.82, 2.24) is 25.0 Å². The fraction of sp³-hybridized carbons (Fsp3) is 0.526. The first-order valence-electron chi connectivity index (χ1n) is 9.30. The Morgan fingerprint density at radius 1 is 1.19 bits per heavy atom. The van der Waals surface area contributed by atoms with E-state index < -0.39 is 0 Å². The van der Waals surface area contributed by atoms with Crippen LogP contribution in [0.3, 0.4) is 0 Å². The highest BCUT2D eigenvalue weighted by atomic mass is 127. The van der Waals surface area contributed by atoms with Crippen molar-refractivity contribution >= 4 is 35.8 Å². The van der Waals surface area contributed by atoms with Crippen molar-refractivity contribution in [3.05, 3.63) is 41.9 Å². The average Bonchev–Trinajstić information content (AvgIpc) is 3.00. The minimum atomic E-state index is 0.